The van der Waals surface area contributed by atoms with E-state index in [1.807, 2.05) is 43.3 Å². The maximum Gasteiger partial charge on any atom is 0.337 e. The number of amides is 2. The van der Waals surface area contributed by atoms with Gasteiger partial charge in [0.2, 0.25) is 18.6 Å². The average molecular weight is 479 g/mol. The van der Waals surface area contributed by atoms with Crippen molar-refractivity contribution in [3.63, 3.8) is 0 Å². The van der Waals surface area contributed by atoms with E-state index in [1.165, 1.54) is 13.0 Å². The summed E-state index contributed by atoms with van der Waals surface area (Å²) in [6, 6.07) is 16.0. The number of rotatable bonds is 6. The topological polar surface area (TPSA) is 114 Å². The van der Waals surface area contributed by atoms with E-state index in [0.29, 0.717) is 22.7 Å². The SMILES string of the molecule is CC(=O)Nc1ccc(-c2cc(NC(=O)C3(c4ccc5c(c4)OCO5)CC3)ccc2C)cc1C(=O)O.[HH].[HH].[HH]. The maximum atomic E-state index is 13.3. The third kappa shape index (κ3) is 4.19. The van der Waals surface area contributed by atoms with Crippen molar-refractivity contribution in [3.05, 3.63) is 71.3 Å². The fraction of sp³-hybridized carbons (Fsp3) is 0.222. The Balaban J connectivity index is 0.00000169. The molecule has 1 aliphatic heterocycles. The van der Waals surface area contributed by atoms with Crippen molar-refractivity contribution < 1.29 is 33.2 Å². The fourth-order valence-electron chi connectivity index (χ4n) is 4.41. The third-order valence-electron chi connectivity index (χ3n) is 6.48. The van der Waals surface area contributed by atoms with Crippen LogP contribution in [0.2, 0.25) is 0 Å². The summed E-state index contributed by atoms with van der Waals surface area (Å²) in [5, 5.41) is 15.2. The minimum atomic E-state index is -1.14. The van der Waals surface area contributed by atoms with Crippen LogP contribution in [0.15, 0.2) is 54.6 Å². The number of aryl methyl sites for hydroxylation is 1. The van der Waals surface area contributed by atoms with E-state index < -0.39 is 11.4 Å². The molecule has 0 spiro atoms. The van der Waals surface area contributed by atoms with Gasteiger partial charge in [0.15, 0.2) is 11.5 Å². The number of nitrogens with one attached hydrogen (secondary N) is 2. The molecule has 3 aromatic rings. The lowest BCUT2D eigenvalue weighted by Gasteiger charge is -2.18. The Morgan fingerprint density at radius 1 is 0.943 bits per heavy atom. The minimum absolute atomic E-state index is 0. The molecule has 8 heteroatoms. The van der Waals surface area contributed by atoms with E-state index in [4.69, 9.17) is 9.47 Å². The molecule has 0 saturated heterocycles. The molecule has 3 N–H and O–H groups in total. The van der Waals surface area contributed by atoms with E-state index in [1.54, 1.807) is 12.1 Å². The second-order valence-corrected chi connectivity index (χ2v) is 8.88. The average Bonchev–Trinajstić information content (AvgIpc) is 3.51. The molecule has 1 fully saturated rings. The van der Waals surface area contributed by atoms with Crippen LogP contribution in [-0.2, 0) is 15.0 Å². The highest BCUT2D eigenvalue weighted by molar-refractivity contribution is 6.03. The fourth-order valence-corrected chi connectivity index (χ4v) is 4.41. The predicted molar refractivity (Wildman–Crippen MR) is 136 cm³/mol. The molecule has 0 bridgehead atoms. The first-order chi connectivity index (χ1) is 16.8. The van der Waals surface area contributed by atoms with Crippen molar-refractivity contribution in [3.8, 4) is 22.6 Å². The number of carboxylic acids is 1. The highest BCUT2D eigenvalue weighted by Gasteiger charge is 2.51. The Hall–Kier alpha value is -4.33. The first-order valence-electron chi connectivity index (χ1n) is 11.2. The van der Waals surface area contributed by atoms with Crippen LogP contribution in [0.5, 0.6) is 11.5 Å². The number of carboxylic acid groups (broad SMARTS) is 1. The van der Waals surface area contributed by atoms with E-state index in [-0.39, 0.29) is 34.1 Å². The number of anilines is 2. The third-order valence-corrected chi connectivity index (χ3v) is 6.48. The molecule has 0 radical (unpaired) electrons. The largest absolute Gasteiger partial charge is 0.478 e. The molecule has 35 heavy (non-hydrogen) atoms. The van der Waals surface area contributed by atoms with Gasteiger partial charge in [0.25, 0.3) is 0 Å². The zero-order chi connectivity index (χ0) is 24.7. The van der Waals surface area contributed by atoms with E-state index in [9.17, 15) is 19.5 Å². The number of carbonyl (C=O) groups excluding carboxylic acids is 2. The molecule has 5 rings (SSSR count). The van der Waals surface area contributed by atoms with Gasteiger partial charge in [-0.2, -0.15) is 0 Å². The lowest BCUT2D eigenvalue weighted by Crippen LogP contribution is -2.27. The number of hydrogen-bond donors (Lipinski definition) is 3. The molecule has 2 amide bonds. The number of ether oxygens (including phenoxy) is 2. The molecular weight excluding hydrogens is 448 g/mol. The summed E-state index contributed by atoms with van der Waals surface area (Å²) >= 11 is 0. The number of aromatic carboxylic acids is 1. The Kier molecular flexibility index (Phi) is 5.43. The first kappa shape index (κ1) is 22.5. The molecule has 0 atom stereocenters. The van der Waals surface area contributed by atoms with Crippen LogP contribution in [0.3, 0.4) is 0 Å². The van der Waals surface area contributed by atoms with Gasteiger partial charge in [0.1, 0.15) is 0 Å². The maximum absolute atomic E-state index is 13.3. The number of carbonyl (C=O) groups is 3. The van der Waals surface area contributed by atoms with Crippen molar-refractivity contribution in [1.82, 2.24) is 0 Å². The van der Waals surface area contributed by atoms with Crippen LogP contribution < -0.4 is 20.1 Å². The van der Waals surface area contributed by atoms with Crippen LogP contribution >= 0.6 is 0 Å². The Bertz CT molecular complexity index is 1390. The summed E-state index contributed by atoms with van der Waals surface area (Å²) in [6.45, 7) is 3.42. The lowest BCUT2D eigenvalue weighted by atomic mass is 9.94. The van der Waals surface area contributed by atoms with Crippen molar-refractivity contribution in [2.75, 3.05) is 17.4 Å². The quantitative estimate of drug-likeness (QED) is 0.434. The molecular formula is C27H30N2O6. The van der Waals surface area contributed by atoms with Gasteiger partial charge >= 0.3 is 5.97 Å². The van der Waals surface area contributed by atoms with Crippen LogP contribution in [0.4, 0.5) is 11.4 Å². The second kappa shape index (κ2) is 8.47. The molecule has 1 aliphatic carbocycles. The zero-order valence-electron chi connectivity index (χ0n) is 19.3. The minimum Gasteiger partial charge on any atom is -0.478 e. The number of benzene rings is 3. The molecule has 3 aromatic carbocycles. The Morgan fingerprint density at radius 2 is 1.71 bits per heavy atom. The van der Waals surface area contributed by atoms with E-state index in [2.05, 4.69) is 10.6 Å². The Morgan fingerprint density at radius 3 is 2.43 bits per heavy atom. The molecule has 2 aliphatic rings. The summed E-state index contributed by atoms with van der Waals surface area (Å²) in [7, 11) is 0. The molecule has 1 saturated carbocycles. The van der Waals surface area contributed by atoms with E-state index in [0.717, 1.165) is 29.5 Å². The predicted octanol–water partition coefficient (Wildman–Crippen LogP) is 5.46. The van der Waals surface area contributed by atoms with Gasteiger partial charge in [-0.15, -0.1) is 0 Å². The molecule has 0 unspecified atom stereocenters. The highest BCUT2D eigenvalue weighted by atomic mass is 16.7. The second-order valence-electron chi connectivity index (χ2n) is 8.88. The van der Waals surface area contributed by atoms with Gasteiger partial charge in [-0.25, -0.2) is 4.79 Å². The van der Waals surface area contributed by atoms with Crippen molar-refractivity contribution in [2.24, 2.45) is 0 Å². The molecule has 1 heterocycles. The monoisotopic (exact) mass is 478 g/mol. The van der Waals surface area contributed by atoms with Crippen molar-refractivity contribution in [1.29, 1.82) is 0 Å². The van der Waals surface area contributed by atoms with Gasteiger partial charge in [0, 0.05) is 16.9 Å². The smallest absolute Gasteiger partial charge is 0.337 e. The molecule has 184 valence electrons. The number of hydrogen-bond acceptors (Lipinski definition) is 5. The van der Waals surface area contributed by atoms with Crippen LogP contribution in [-0.4, -0.2) is 29.7 Å². The summed E-state index contributed by atoms with van der Waals surface area (Å²) in [5.41, 5.74) is 3.50. The van der Waals surface area contributed by atoms with Crippen molar-refractivity contribution >= 4 is 29.2 Å². The van der Waals surface area contributed by atoms with Crippen molar-refractivity contribution in [2.45, 2.75) is 32.1 Å². The summed E-state index contributed by atoms with van der Waals surface area (Å²) in [5.74, 6) is -0.261. The van der Waals surface area contributed by atoms with Crippen LogP contribution in [0.1, 0.15) is 45.5 Å². The summed E-state index contributed by atoms with van der Waals surface area (Å²) in [4.78, 5) is 36.5. The van der Waals surface area contributed by atoms with Gasteiger partial charge < -0.3 is 25.2 Å². The van der Waals surface area contributed by atoms with Gasteiger partial charge in [-0.3, -0.25) is 9.59 Å². The molecule has 0 aromatic heterocycles. The van der Waals surface area contributed by atoms with Gasteiger partial charge in [-0.05, 0) is 78.4 Å². The van der Waals surface area contributed by atoms with E-state index >= 15 is 0 Å². The first-order valence-corrected chi connectivity index (χ1v) is 11.2. The standard InChI is InChI=1S/C27H24N2O6.3H2/c1-15-3-6-19(13-20(15)17-4-7-22(28-16(2)30)21(11-17)25(31)32)29-26(33)27(9-10-27)18-5-8-23-24(12-18)35-14-34-23;;;/h3-8,11-13H,9-10,14H2,1-2H3,(H,28,30)(H,29,33)(H,31,32);3*1H. The molecule has 8 nitrogen and oxygen atoms in total. The lowest BCUT2D eigenvalue weighted by molar-refractivity contribution is -0.118. The number of fused-ring (bicyclic) bond motifs is 1. The normalized spacial score (nSPS) is 14.8. The van der Waals surface area contributed by atoms with Crippen LogP contribution in [0, 0.1) is 6.92 Å². The van der Waals surface area contributed by atoms with Gasteiger partial charge in [-0.1, -0.05) is 18.2 Å². The van der Waals surface area contributed by atoms with Crippen LogP contribution in [0.25, 0.3) is 11.1 Å². The summed E-state index contributed by atoms with van der Waals surface area (Å²) < 4.78 is 10.9. The van der Waals surface area contributed by atoms with Gasteiger partial charge in [0.05, 0.1) is 16.7 Å². The summed E-state index contributed by atoms with van der Waals surface area (Å²) in [6.07, 6.45) is 1.48. The highest BCUT2D eigenvalue weighted by Crippen LogP contribution is 2.51. The zero-order valence-corrected chi connectivity index (χ0v) is 19.3. The Labute approximate surface area is 206 Å².